The van der Waals surface area contributed by atoms with Gasteiger partial charge in [-0.15, -0.1) is 0 Å². The van der Waals surface area contributed by atoms with Crippen LogP contribution in [0.4, 0.5) is 4.79 Å². The Bertz CT molecular complexity index is 1610. The van der Waals surface area contributed by atoms with Crippen molar-refractivity contribution >= 4 is 23.9 Å². The van der Waals surface area contributed by atoms with E-state index in [-0.39, 0.29) is 5.76 Å². The normalized spacial score (nSPS) is 17.2. The maximum Gasteiger partial charge on any atom is 0.408 e. The zero-order valence-electron chi connectivity index (χ0n) is 30.7. The van der Waals surface area contributed by atoms with Gasteiger partial charge in [0.05, 0.1) is 12.1 Å². The summed E-state index contributed by atoms with van der Waals surface area (Å²) >= 11 is 0. The van der Waals surface area contributed by atoms with Gasteiger partial charge in [-0.1, -0.05) is 106 Å². The van der Waals surface area contributed by atoms with Crippen molar-refractivity contribution in [3.63, 3.8) is 0 Å². The lowest BCUT2D eigenvalue weighted by Crippen LogP contribution is -2.63. The van der Waals surface area contributed by atoms with Gasteiger partial charge >= 0.3 is 12.1 Å². The van der Waals surface area contributed by atoms with Crippen molar-refractivity contribution in [2.75, 3.05) is 13.1 Å². The van der Waals surface area contributed by atoms with Crippen molar-refractivity contribution < 1.29 is 33.4 Å². The van der Waals surface area contributed by atoms with Crippen LogP contribution in [0.5, 0.6) is 0 Å². The number of alkyl carbamates (subject to hydrolysis) is 1. The van der Waals surface area contributed by atoms with Crippen LogP contribution in [0.3, 0.4) is 0 Å². The topological polar surface area (TPSA) is 123 Å². The molecule has 10 nitrogen and oxygen atoms in total. The van der Waals surface area contributed by atoms with E-state index >= 15 is 0 Å². The zero-order chi connectivity index (χ0) is 37.1. The summed E-state index contributed by atoms with van der Waals surface area (Å²) in [6, 6.07) is 24.7. The lowest BCUT2D eigenvalue weighted by atomic mass is 9.96. The summed E-state index contributed by atoms with van der Waals surface area (Å²) in [5, 5.41) is 5.54. The number of nitrogens with one attached hydrogen (secondary N) is 2. The van der Waals surface area contributed by atoms with Crippen molar-refractivity contribution in [1.82, 2.24) is 15.5 Å². The number of amides is 3. The largest absolute Gasteiger partial charge is 0.471 e. The van der Waals surface area contributed by atoms with E-state index in [1.165, 1.54) is 18.6 Å². The SMILES string of the molecule is CCCN(CCc1ccc(C(C)C)cc1)C(=O)[C@@H]1OC(C(=O)OC(c2ccccc2)c2ccccc2)=C[C@H](NC(=O)OC(C)(C)C)[C@H]1NC(C)=O. The number of benzene rings is 3. The maximum absolute atomic E-state index is 14.5. The van der Waals surface area contributed by atoms with Gasteiger partial charge in [-0.05, 0) is 67.9 Å². The van der Waals surface area contributed by atoms with Gasteiger partial charge in [-0.25, -0.2) is 9.59 Å². The van der Waals surface area contributed by atoms with E-state index in [9.17, 15) is 19.2 Å². The molecule has 3 aromatic rings. The number of esters is 1. The molecule has 0 bridgehead atoms. The molecule has 0 radical (unpaired) electrons. The number of carbonyl (C=O) groups is 4. The summed E-state index contributed by atoms with van der Waals surface area (Å²) in [6.45, 7) is 13.5. The minimum atomic E-state index is -1.37. The molecular formula is C41H51N3O7. The molecule has 0 saturated carbocycles. The van der Waals surface area contributed by atoms with E-state index < -0.39 is 53.8 Å². The van der Waals surface area contributed by atoms with Crippen LogP contribution in [0.2, 0.25) is 0 Å². The molecule has 272 valence electrons. The molecule has 0 aliphatic carbocycles. The van der Waals surface area contributed by atoms with Crippen LogP contribution < -0.4 is 10.6 Å². The fourth-order valence-electron chi connectivity index (χ4n) is 5.86. The van der Waals surface area contributed by atoms with Gasteiger partial charge in [0.2, 0.25) is 11.7 Å². The summed E-state index contributed by atoms with van der Waals surface area (Å²) in [5.74, 6) is -1.59. The first-order valence-corrected chi connectivity index (χ1v) is 17.6. The highest BCUT2D eigenvalue weighted by molar-refractivity contribution is 5.90. The molecule has 3 atom stereocenters. The van der Waals surface area contributed by atoms with E-state index in [1.54, 1.807) is 25.7 Å². The molecule has 1 heterocycles. The Hall–Kier alpha value is -5.12. The highest BCUT2D eigenvalue weighted by Gasteiger charge is 2.45. The van der Waals surface area contributed by atoms with Gasteiger partial charge in [0, 0.05) is 20.0 Å². The fourth-order valence-corrected chi connectivity index (χ4v) is 5.86. The Morgan fingerprint density at radius 1 is 0.824 bits per heavy atom. The Labute approximate surface area is 301 Å². The summed E-state index contributed by atoms with van der Waals surface area (Å²) in [7, 11) is 0. The average molecular weight is 698 g/mol. The first kappa shape index (κ1) is 38.7. The van der Waals surface area contributed by atoms with Crippen LogP contribution >= 0.6 is 0 Å². The third-order valence-electron chi connectivity index (χ3n) is 8.35. The number of nitrogens with zero attached hydrogens (tertiary/aromatic N) is 1. The molecule has 3 amide bonds. The van der Waals surface area contributed by atoms with Crippen molar-refractivity contribution in [1.29, 1.82) is 0 Å². The van der Waals surface area contributed by atoms with Gasteiger partial charge in [0.1, 0.15) is 5.60 Å². The lowest BCUT2D eigenvalue weighted by Gasteiger charge is -2.39. The second-order valence-electron chi connectivity index (χ2n) is 14.0. The predicted octanol–water partition coefficient (Wildman–Crippen LogP) is 6.60. The molecule has 1 aliphatic rings. The Morgan fingerprint density at radius 3 is 1.92 bits per heavy atom. The van der Waals surface area contributed by atoms with Crippen LogP contribution in [0.15, 0.2) is 96.8 Å². The predicted molar refractivity (Wildman–Crippen MR) is 196 cm³/mol. The molecule has 0 saturated heterocycles. The molecule has 1 aliphatic heterocycles. The highest BCUT2D eigenvalue weighted by Crippen LogP contribution is 2.29. The van der Waals surface area contributed by atoms with Crippen LogP contribution in [0.1, 0.15) is 89.2 Å². The first-order valence-electron chi connectivity index (χ1n) is 17.6. The highest BCUT2D eigenvalue weighted by atomic mass is 16.6. The second kappa shape index (κ2) is 17.7. The van der Waals surface area contributed by atoms with E-state index in [2.05, 4.69) is 48.7 Å². The molecule has 4 rings (SSSR count). The van der Waals surface area contributed by atoms with Gasteiger partial charge in [0.15, 0.2) is 12.2 Å². The van der Waals surface area contributed by atoms with Crippen molar-refractivity contribution in [3.8, 4) is 0 Å². The first-order chi connectivity index (χ1) is 24.3. The Morgan fingerprint density at radius 2 is 1.41 bits per heavy atom. The summed E-state index contributed by atoms with van der Waals surface area (Å²) < 4.78 is 17.8. The second-order valence-corrected chi connectivity index (χ2v) is 14.0. The number of rotatable bonds is 13. The fraction of sp³-hybridized carbons (Fsp3) is 0.415. The smallest absolute Gasteiger partial charge is 0.408 e. The summed E-state index contributed by atoms with van der Waals surface area (Å²) in [5.41, 5.74) is 2.93. The monoisotopic (exact) mass is 697 g/mol. The van der Waals surface area contributed by atoms with E-state index in [0.29, 0.717) is 31.8 Å². The summed E-state index contributed by atoms with van der Waals surface area (Å²) in [4.78, 5) is 55.8. The lowest BCUT2D eigenvalue weighted by molar-refractivity contribution is -0.154. The number of carbonyl (C=O) groups excluding carboxylic acids is 4. The van der Waals surface area contributed by atoms with Crippen LogP contribution in [0, 0.1) is 0 Å². The van der Waals surface area contributed by atoms with Crippen molar-refractivity contribution in [2.24, 2.45) is 0 Å². The van der Waals surface area contributed by atoms with Gasteiger partial charge in [-0.3, -0.25) is 9.59 Å². The third kappa shape index (κ3) is 11.2. The van der Waals surface area contributed by atoms with Crippen LogP contribution in [-0.4, -0.2) is 65.7 Å². The molecule has 10 heteroatoms. The summed E-state index contributed by atoms with van der Waals surface area (Å²) in [6.07, 6.45) is -0.339. The quantitative estimate of drug-likeness (QED) is 0.193. The number of ether oxygens (including phenoxy) is 3. The van der Waals surface area contributed by atoms with E-state index in [4.69, 9.17) is 14.2 Å². The van der Waals surface area contributed by atoms with E-state index in [0.717, 1.165) is 16.7 Å². The minimum Gasteiger partial charge on any atom is -0.471 e. The van der Waals surface area contributed by atoms with Crippen LogP contribution in [-0.2, 0) is 35.0 Å². The molecule has 0 spiro atoms. The third-order valence-corrected chi connectivity index (χ3v) is 8.35. The van der Waals surface area contributed by atoms with Gasteiger partial charge in [-0.2, -0.15) is 0 Å². The molecule has 2 N–H and O–H groups in total. The molecule has 0 unspecified atom stereocenters. The minimum absolute atomic E-state index is 0.270. The standard InChI is InChI=1S/C41H51N3O7/c1-8-24-44(25-23-29-19-21-30(22-20-29)27(2)3)38(46)37-35(42-28(4)45)33(43-40(48)51-41(5,6)7)26-34(49-37)39(47)50-36(31-15-11-9-12-16-31)32-17-13-10-14-18-32/h9-22,26-27,33,35-37H,8,23-25H2,1-7H3,(H,42,45)(H,43,48)/t33-,35+,37+/m0/s1. The molecular weight excluding hydrogens is 646 g/mol. The molecule has 51 heavy (non-hydrogen) atoms. The Balaban J connectivity index is 1.69. The van der Waals surface area contributed by atoms with Gasteiger partial charge in [0.25, 0.3) is 5.91 Å². The zero-order valence-corrected chi connectivity index (χ0v) is 30.7. The number of hydrogen-bond donors (Lipinski definition) is 2. The van der Waals surface area contributed by atoms with E-state index in [1.807, 2.05) is 67.6 Å². The molecule has 3 aromatic carbocycles. The van der Waals surface area contributed by atoms with Gasteiger partial charge < -0.3 is 29.7 Å². The Kier molecular flexibility index (Phi) is 13.4. The van der Waals surface area contributed by atoms with Crippen LogP contribution in [0.25, 0.3) is 0 Å². The molecule has 0 fully saturated rings. The number of hydrogen-bond acceptors (Lipinski definition) is 7. The van der Waals surface area contributed by atoms with Crippen molar-refractivity contribution in [2.45, 2.75) is 97.1 Å². The maximum atomic E-state index is 14.5. The average Bonchev–Trinajstić information content (AvgIpc) is 3.09. The molecule has 0 aromatic heterocycles. The van der Waals surface area contributed by atoms with Crippen molar-refractivity contribution in [3.05, 3.63) is 119 Å².